The molecule has 2 aliphatic rings. The summed E-state index contributed by atoms with van der Waals surface area (Å²) in [6.07, 6.45) is -4.52. The van der Waals surface area contributed by atoms with Gasteiger partial charge < -0.3 is 19.3 Å². The quantitative estimate of drug-likeness (QED) is 0.556. The number of rotatable bonds is 2. The van der Waals surface area contributed by atoms with Crippen molar-refractivity contribution in [1.29, 1.82) is 0 Å². The summed E-state index contributed by atoms with van der Waals surface area (Å²) >= 11 is 0. The van der Waals surface area contributed by atoms with Crippen LogP contribution in [0.5, 0.6) is 0 Å². The minimum absolute atomic E-state index is 0.162. The van der Waals surface area contributed by atoms with Crippen LogP contribution in [-0.4, -0.2) is 46.3 Å². The fourth-order valence-electron chi connectivity index (χ4n) is 4.43. The summed E-state index contributed by atoms with van der Waals surface area (Å²) in [5, 5.41) is 7.12. The van der Waals surface area contributed by atoms with Gasteiger partial charge in [-0.15, -0.1) is 10.2 Å². The number of nitrogens with zero attached hydrogens (tertiary/aromatic N) is 6. The monoisotopic (exact) mass is 446 g/mol. The first-order valence-electron chi connectivity index (χ1n) is 10.4. The van der Waals surface area contributed by atoms with Gasteiger partial charge in [-0.2, -0.15) is 13.2 Å². The second-order valence-corrected chi connectivity index (χ2v) is 8.16. The van der Waals surface area contributed by atoms with Gasteiger partial charge in [0.1, 0.15) is 5.82 Å². The first kappa shape index (κ1) is 20.7. The number of anilines is 3. The van der Waals surface area contributed by atoms with Crippen LogP contribution in [0.2, 0.25) is 0 Å². The van der Waals surface area contributed by atoms with Gasteiger partial charge in [-0.3, -0.25) is 0 Å². The number of para-hydroxylation sites is 1. The van der Waals surface area contributed by atoms with Gasteiger partial charge in [-0.25, -0.2) is 4.39 Å². The van der Waals surface area contributed by atoms with E-state index in [-0.39, 0.29) is 18.9 Å². The Bertz CT molecular complexity index is 1140. The van der Waals surface area contributed by atoms with Crippen molar-refractivity contribution in [3.63, 3.8) is 0 Å². The van der Waals surface area contributed by atoms with E-state index in [1.165, 1.54) is 6.07 Å². The highest BCUT2D eigenvalue weighted by atomic mass is 19.4. The van der Waals surface area contributed by atoms with E-state index in [9.17, 15) is 17.6 Å². The Morgan fingerprint density at radius 1 is 0.875 bits per heavy atom. The average Bonchev–Trinajstić information content (AvgIpc) is 3.12. The molecule has 0 saturated carbocycles. The zero-order chi connectivity index (χ0) is 22.5. The summed E-state index contributed by atoms with van der Waals surface area (Å²) in [5.74, 6) is -0.928. The van der Waals surface area contributed by atoms with Crippen LogP contribution >= 0.6 is 0 Å². The first-order chi connectivity index (χ1) is 15.3. The summed E-state index contributed by atoms with van der Waals surface area (Å²) in [5.41, 5.74) is 3.40. The van der Waals surface area contributed by atoms with Crippen LogP contribution in [0.15, 0.2) is 42.5 Å². The molecule has 0 atom stereocenters. The zero-order valence-electron chi connectivity index (χ0n) is 17.5. The summed E-state index contributed by atoms with van der Waals surface area (Å²) in [6, 6.07) is 12.7. The molecule has 3 heterocycles. The van der Waals surface area contributed by atoms with Crippen molar-refractivity contribution in [3.05, 3.63) is 65.5 Å². The lowest BCUT2D eigenvalue weighted by molar-refractivity contribution is -0.147. The molecule has 5 rings (SSSR count). The first-order valence-corrected chi connectivity index (χ1v) is 10.4. The number of alkyl halides is 3. The summed E-state index contributed by atoms with van der Waals surface area (Å²) < 4.78 is 55.1. The topological polar surface area (TPSA) is 40.4 Å². The van der Waals surface area contributed by atoms with Gasteiger partial charge in [0.2, 0.25) is 5.82 Å². The Kier molecular flexibility index (Phi) is 5.04. The lowest BCUT2D eigenvalue weighted by Gasteiger charge is -2.31. The van der Waals surface area contributed by atoms with Crippen LogP contribution < -0.4 is 9.80 Å². The fourth-order valence-corrected chi connectivity index (χ4v) is 4.43. The molecule has 0 unspecified atom stereocenters. The molecule has 0 bridgehead atoms. The second kappa shape index (κ2) is 7.77. The number of halogens is 4. The van der Waals surface area contributed by atoms with Gasteiger partial charge >= 0.3 is 6.18 Å². The highest BCUT2D eigenvalue weighted by molar-refractivity contribution is 5.70. The molecule has 0 spiro atoms. The number of fused-ring (bicyclic) bond motifs is 2. The zero-order valence-corrected chi connectivity index (χ0v) is 17.5. The van der Waals surface area contributed by atoms with E-state index in [0.29, 0.717) is 31.1 Å². The molecule has 0 fully saturated rings. The Morgan fingerprint density at radius 2 is 1.69 bits per heavy atom. The lowest BCUT2D eigenvalue weighted by Crippen LogP contribution is -2.35. The van der Waals surface area contributed by atoms with E-state index in [2.05, 4.69) is 15.1 Å². The largest absolute Gasteiger partial charge is 0.451 e. The van der Waals surface area contributed by atoms with Gasteiger partial charge in [0.15, 0.2) is 5.82 Å². The Labute approximate surface area is 182 Å². The van der Waals surface area contributed by atoms with Gasteiger partial charge in [-0.1, -0.05) is 12.1 Å². The van der Waals surface area contributed by atoms with E-state index in [4.69, 9.17) is 0 Å². The maximum Gasteiger partial charge on any atom is 0.451 e. The molecular formula is C22H22F4N6. The van der Waals surface area contributed by atoms with Gasteiger partial charge in [0, 0.05) is 44.1 Å². The molecule has 10 heteroatoms. The van der Waals surface area contributed by atoms with Crippen LogP contribution in [-0.2, 0) is 25.8 Å². The lowest BCUT2D eigenvalue weighted by atomic mass is 10.1. The maximum atomic E-state index is 14.5. The van der Waals surface area contributed by atoms with Crippen LogP contribution in [0.25, 0.3) is 0 Å². The third-order valence-corrected chi connectivity index (χ3v) is 6.01. The predicted octanol–water partition coefficient (Wildman–Crippen LogP) is 4.04. The second-order valence-electron chi connectivity index (χ2n) is 8.16. The summed E-state index contributed by atoms with van der Waals surface area (Å²) in [6.45, 7) is 2.93. The molecule has 2 aliphatic heterocycles. The number of benzene rings is 2. The minimum Gasteiger partial charge on any atom is -0.362 e. The van der Waals surface area contributed by atoms with E-state index in [1.807, 2.05) is 41.1 Å². The SMILES string of the molecule is CN1CCN(c2ccccc2F)c2ccc(N3CCn4c(nnc4C(F)(F)F)C3)cc2C1. The number of likely N-dealkylation sites (N-methyl/N-ethyl adjacent to an activating group) is 1. The van der Waals surface area contributed by atoms with Crippen molar-refractivity contribution in [2.45, 2.75) is 25.8 Å². The molecule has 1 aromatic heterocycles. The van der Waals surface area contributed by atoms with Gasteiger partial charge in [0.25, 0.3) is 0 Å². The van der Waals surface area contributed by atoms with Gasteiger partial charge in [0.05, 0.1) is 12.2 Å². The standard InChI is InChI=1S/C22H22F4N6/c1-29-8-10-31(19-5-3-2-4-17(19)23)18-7-6-16(12-15(18)13-29)30-9-11-32-20(14-30)27-28-21(32)22(24,25)26/h2-7,12H,8-11,13-14H2,1H3. The Morgan fingerprint density at radius 3 is 2.47 bits per heavy atom. The normalized spacial score (nSPS) is 17.2. The van der Waals surface area contributed by atoms with Crippen LogP contribution in [0, 0.1) is 5.82 Å². The molecule has 0 N–H and O–H groups in total. The van der Waals surface area contributed by atoms with Crippen molar-refractivity contribution in [3.8, 4) is 0 Å². The molecule has 32 heavy (non-hydrogen) atoms. The van der Waals surface area contributed by atoms with Crippen LogP contribution in [0.3, 0.4) is 0 Å². The summed E-state index contributed by atoms with van der Waals surface area (Å²) in [4.78, 5) is 6.16. The van der Waals surface area contributed by atoms with Crippen molar-refractivity contribution in [2.24, 2.45) is 0 Å². The molecule has 0 saturated heterocycles. The van der Waals surface area contributed by atoms with Gasteiger partial charge in [-0.05, 0) is 42.9 Å². The predicted molar refractivity (Wildman–Crippen MR) is 112 cm³/mol. The highest BCUT2D eigenvalue weighted by Crippen LogP contribution is 2.36. The third kappa shape index (κ3) is 3.68. The fraction of sp³-hybridized carbons (Fsp3) is 0.364. The molecule has 6 nitrogen and oxygen atoms in total. The van der Waals surface area contributed by atoms with E-state index >= 15 is 0 Å². The molecule has 0 radical (unpaired) electrons. The van der Waals surface area contributed by atoms with Crippen molar-refractivity contribution in [1.82, 2.24) is 19.7 Å². The number of aromatic nitrogens is 3. The van der Waals surface area contributed by atoms with E-state index in [1.54, 1.807) is 12.1 Å². The number of hydrogen-bond donors (Lipinski definition) is 0. The van der Waals surface area contributed by atoms with Crippen LogP contribution in [0.1, 0.15) is 17.2 Å². The molecule has 168 valence electrons. The molecule has 0 amide bonds. The van der Waals surface area contributed by atoms with E-state index < -0.39 is 12.0 Å². The van der Waals surface area contributed by atoms with Crippen molar-refractivity contribution < 1.29 is 17.6 Å². The third-order valence-electron chi connectivity index (χ3n) is 6.01. The van der Waals surface area contributed by atoms with Crippen molar-refractivity contribution >= 4 is 17.1 Å². The Balaban J connectivity index is 1.47. The smallest absolute Gasteiger partial charge is 0.362 e. The highest BCUT2D eigenvalue weighted by Gasteiger charge is 2.39. The molecule has 0 aliphatic carbocycles. The Hall–Kier alpha value is -3.14. The van der Waals surface area contributed by atoms with Crippen LogP contribution in [0.4, 0.5) is 34.6 Å². The molecule has 3 aromatic rings. The minimum atomic E-state index is -4.52. The van der Waals surface area contributed by atoms with E-state index in [0.717, 1.165) is 28.1 Å². The molecular weight excluding hydrogens is 424 g/mol. The maximum absolute atomic E-state index is 14.5. The number of hydrogen-bond acceptors (Lipinski definition) is 5. The molecule has 2 aromatic carbocycles. The average molecular weight is 446 g/mol. The summed E-state index contributed by atoms with van der Waals surface area (Å²) in [7, 11) is 2.02. The van der Waals surface area contributed by atoms with Crippen molar-refractivity contribution in [2.75, 3.05) is 36.5 Å².